The van der Waals surface area contributed by atoms with Crippen molar-refractivity contribution in [3.8, 4) is 0 Å². The number of anilines is 1. The summed E-state index contributed by atoms with van der Waals surface area (Å²) >= 11 is 0. The van der Waals surface area contributed by atoms with Crippen LogP contribution in [0, 0.1) is 0 Å². The Hall–Kier alpha value is -1.31. The van der Waals surface area contributed by atoms with E-state index in [1.165, 1.54) is 0 Å². The number of aromatic nitrogens is 1. The first-order valence-electron chi connectivity index (χ1n) is 8.66. The van der Waals surface area contributed by atoms with Crippen LogP contribution in [0.15, 0.2) is 35.5 Å². The topological polar surface area (TPSA) is 52.6 Å². The molecule has 0 atom stereocenters. The van der Waals surface area contributed by atoms with Crippen molar-refractivity contribution in [2.24, 2.45) is 4.99 Å². The molecule has 0 unspecified atom stereocenters. The molecule has 0 saturated heterocycles. The maximum atomic E-state index is 4.68. The molecule has 0 amide bonds. The summed E-state index contributed by atoms with van der Waals surface area (Å²) in [5.41, 5.74) is 1.13. The summed E-state index contributed by atoms with van der Waals surface area (Å²) in [6, 6.07) is 4.67. The monoisotopic (exact) mass is 443 g/mol. The lowest BCUT2D eigenvalue weighted by molar-refractivity contribution is 0.633. The third-order valence-corrected chi connectivity index (χ3v) is 4.01. The van der Waals surface area contributed by atoms with Crippen LogP contribution in [0.25, 0.3) is 0 Å². The van der Waals surface area contributed by atoms with Gasteiger partial charge in [0.2, 0.25) is 0 Å². The zero-order valence-corrected chi connectivity index (χ0v) is 17.3. The third kappa shape index (κ3) is 6.30. The van der Waals surface area contributed by atoms with E-state index in [9.17, 15) is 0 Å². The fourth-order valence-electron chi connectivity index (χ4n) is 2.66. The smallest absolute Gasteiger partial charge is 0.191 e. The Bertz CT molecular complexity index is 515. The van der Waals surface area contributed by atoms with Crippen LogP contribution >= 0.6 is 24.0 Å². The molecule has 1 aliphatic rings. The number of nitrogens with zero attached hydrogens (tertiary/aromatic N) is 3. The summed E-state index contributed by atoms with van der Waals surface area (Å²) in [7, 11) is 0. The van der Waals surface area contributed by atoms with Gasteiger partial charge in [-0.1, -0.05) is 18.2 Å². The van der Waals surface area contributed by atoms with E-state index in [0.29, 0.717) is 12.6 Å². The fourth-order valence-corrected chi connectivity index (χ4v) is 2.66. The minimum atomic E-state index is 0. The van der Waals surface area contributed by atoms with Gasteiger partial charge in [-0.05, 0) is 45.2 Å². The van der Waals surface area contributed by atoms with E-state index < -0.39 is 0 Å². The highest BCUT2D eigenvalue weighted by Gasteiger charge is 2.11. The number of nitrogens with one attached hydrogen (secondary N) is 2. The van der Waals surface area contributed by atoms with E-state index in [1.807, 2.05) is 6.20 Å². The minimum absolute atomic E-state index is 0. The first-order chi connectivity index (χ1) is 11.3. The molecule has 0 saturated carbocycles. The Kier molecular flexibility index (Phi) is 9.75. The Morgan fingerprint density at radius 3 is 2.46 bits per heavy atom. The zero-order valence-electron chi connectivity index (χ0n) is 15.0. The molecule has 1 aromatic rings. The van der Waals surface area contributed by atoms with Gasteiger partial charge in [-0.2, -0.15) is 0 Å². The fraction of sp³-hybridized carbons (Fsp3) is 0.556. The van der Waals surface area contributed by atoms with Gasteiger partial charge in [-0.3, -0.25) is 0 Å². The average molecular weight is 443 g/mol. The molecule has 0 aromatic carbocycles. The summed E-state index contributed by atoms with van der Waals surface area (Å²) in [5, 5.41) is 6.79. The van der Waals surface area contributed by atoms with Crippen molar-refractivity contribution in [3.05, 3.63) is 36.0 Å². The van der Waals surface area contributed by atoms with Crippen LogP contribution in [-0.4, -0.2) is 36.6 Å². The Morgan fingerprint density at radius 1 is 1.21 bits per heavy atom. The number of halogens is 1. The number of guanidine groups is 1. The van der Waals surface area contributed by atoms with Gasteiger partial charge >= 0.3 is 0 Å². The van der Waals surface area contributed by atoms with Crippen LogP contribution in [0.1, 0.15) is 39.2 Å². The van der Waals surface area contributed by atoms with Gasteiger partial charge in [0.15, 0.2) is 5.96 Å². The molecular formula is C18H30IN5. The summed E-state index contributed by atoms with van der Waals surface area (Å²) in [6.45, 7) is 9.84. The third-order valence-electron chi connectivity index (χ3n) is 4.01. The van der Waals surface area contributed by atoms with Gasteiger partial charge in [-0.25, -0.2) is 9.98 Å². The van der Waals surface area contributed by atoms with E-state index in [1.54, 1.807) is 0 Å². The lowest BCUT2D eigenvalue weighted by Crippen LogP contribution is -2.42. The first kappa shape index (κ1) is 20.7. The van der Waals surface area contributed by atoms with Crippen molar-refractivity contribution < 1.29 is 0 Å². The standard InChI is InChI=1S/C18H29N5.HI/c1-4-19-18(22-16-9-7-8-10-16)21-14-15-11-12-17(20-13-15)23(5-2)6-3;/h7-8,11-13,16H,4-6,9-10,14H2,1-3H3,(H2,19,21,22);1H. The molecule has 0 radical (unpaired) electrons. The maximum absolute atomic E-state index is 4.68. The van der Waals surface area contributed by atoms with Crippen LogP contribution < -0.4 is 15.5 Å². The molecule has 1 aliphatic carbocycles. The van der Waals surface area contributed by atoms with Crippen molar-refractivity contribution in [2.45, 2.75) is 46.2 Å². The van der Waals surface area contributed by atoms with Crippen LogP contribution in [-0.2, 0) is 6.54 Å². The Labute approximate surface area is 163 Å². The Morgan fingerprint density at radius 2 is 1.92 bits per heavy atom. The molecule has 0 spiro atoms. The highest BCUT2D eigenvalue weighted by atomic mass is 127. The number of rotatable bonds is 7. The molecule has 1 aromatic heterocycles. The van der Waals surface area contributed by atoms with Gasteiger partial charge in [0, 0.05) is 31.9 Å². The second-order valence-electron chi connectivity index (χ2n) is 5.68. The lowest BCUT2D eigenvalue weighted by atomic mass is 10.2. The highest BCUT2D eigenvalue weighted by Crippen LogP contribution is 2.12. The molecule has 24 heavy (non-hydrogen) atoms. The van der Waals surface area contributed by atoms with Crippen molar-refractivity contribution in [1.29, 1.82) is 0 Å². The van der Waals surface area contributed by atoms with Crippen molar-refractivity contribution >= 4 is 35.8 Å². The molecule has 0 fully saturated rings. The second kappa shape index (κ2) is 11.3. The predicted molar refractivity (Wildman–Crippen MR) is 113 cm³/mol. The number of hydrogen-bond donors (Lipinski definition) is 2. The molecule has 1 heterocycles. The van der Waals surface area contributed by atoms with Crippen molar-refractivity contribution in [3.63, 3.8) is 0 Å². The van der Waals surface area contributed by atoms with Gasteiger partial charge in [0.05, 0.1) is 6.54 Å². The van der Waals surface area contributed by atoms with Crippen molar-refractivity contribution in [1.82, 2.24) is 15.6 Å². The van der Waals surface area contributed by atoms with Crippen LogP contribution in [0.2, 0.25) is 0 Å². The quantitative estimate of drug-likeness (QED) is 0.294. The molecule has 0 aliphatic heterocycles. The summed E-state index contributed by atoms with van der Waals surface area (Å²) in [6.07, 6.45) is 8.51. The predicted octanol–water partition coefficient (Wildman–Crippen LogP) is 3.32. The first-order valence-corrected chi connectivity index (χ1v) is 8.66. The van der Waals surface area contributed by atoms with E-state index in [0.717, 1.165) is 49.8 Å². The van der Waals surface area contributed by atoms with E-state index >= 15 is 0 Å². The average Bonchev–Trinajstić information content (AvgIpc) is 3.08. The van der Waals surface area contributed by atoms with E-state index in [4.69, 9.17) is 0 Å². The number of hydrogen-bond acceptors (Lipinski definition) is 3. The summed E-state index contributed by atoms with van der Waals surface area (Å²) in [5.74, 6) is 1.92. The summed E-state index contributed by atoms with van der Waals surface area (Å²) in [4.78, 5) is 11.5. The minimum Gasteiger partial charge on any atom is -0.357 e. The molecule has 134 valence electrons. The van der Waals surface area contributed by atoms with E-state index in [2.05, 4.69) is 70.6 Å². The zero-order chi connectivity index (χ0) is 16.5. The summed E-state index contributed by atoms with van der Waals surface area (Å²) < 4.78 is 0. The molecule has 2 rings (SSSR count). The highest BCUT2D eigenvalue weighted by molar-refractivity contribution is 14.0. The molecule has 2 N–H and O–H groups in total. The van der Waals surface area contributed by atoms with Gasteiger partial charge in [0.25, 0.3) is 0 Å². The SMILES string of the molecule is CCNC(=NCc1ccc(N(CC)CC)nc1)NC1CC=CC1.I. The van der Waals surface area contributed by atoms with Crippen molar-refractivity contribution in [2.75, 3.05) is 24.5 Å². The largest absolute Gasteiger partial charge is 0.357 e. The van der Waals surface area contributed by atoms with Gasteiger partial charge in [0.1, 0.15) is 5.82 Å². The van der Waals surface area contributed by atoms with E-state index in [-0.39, 0.29) is 24.0 Å². The molecule has 0 bridgehead atoms. The molecular weight excluding hydrogens is 413 g/mol. The van der Waals surface area contributed by atoms with Gasteiger partial charge < -0.3 is 15.5 Å². The maximum Gasteiger partial charge on any atom is 0.191 e. The second-order valence-corrected chi connectivity index (χ2v) is 5.68. The molecule has 6 heteroatoms. The van der Waals surface area contributed by atoms with Crippen LogP contribution in [0.5, 0.6) is 0 Å². The lowest BCUT2D eigenvalue weighted by Gasteiger charge is -2.19. The van der Waals surface area contributed by atoms with Crippen LogP contribution in [0.4, 0.5) is 5.82 Å². The molecule has 5 nitrogen and oxygen atoms in total. The normalized spacial score (nSPS) is 14.4. The number of pyridine rings is 1. The Balaban J connectivity index is 0.00000288. The number of aliphatic imine (C=N–C) groups is 1. The van der Waals surface area contributed by atoms with Crippen LogP contribution in [0.3, 0.4) is 0 Å². The van der Waals surface area contributed by atoms with Gasteiger partial charge in [-0.15, -0.1) is 24.0 Å².